The van der Waals surface area contributed by atoms with Gasteiger partial charge in [-0.25, -0.2) is 13.2 Å². The van der Waals surface area contributed by atoms with E-state index in [2.05, 4.69) is 14.7 Å². The molecule has 0 bridgehead atoms. The molecule has 1 aromatic carbocycles. The molecule has 0 aliphatic carbocycles. The fourth-order valence-electron chi connectivity index (χ4n) is 1.36. The van der Waals surface area contributed by atoms with Gasteiger partial charge in [-0.1, -0.05) is 0 Å². The summed E-state index contributed by atoms with van der Waals surface area (Å²) < 4.78 is 47.8. The number of rotatable bonds is 5. The summed E-state index contributed by atoms with van der Waals surface area (Å²) in [5, 5.41) is 3.43. The third-order valence-electron chi connectivity index (χ3n) is 2.25. The molecule has 0 atom stereocenters. The van der Waals surface area contributed by atoms with Crippen molar-refractivity contribution in [2.24, 2.45) is 0 Å². The van der Waals surface area contributed by atoms with Gasteiger partial charge in [0.15, 0.2) is 23.3 Å². The third kappa shape index (κ3) is 3.21. The first-order valence-electron chi connectivity index (χ1n) is 5.33. The van der Waals surface area contributed by atoms with Crippen molar-refractivity contribution in [1.82, 2.24) is 9.36 Å². The van der Waals surface area contributed by atoms with E-state index >= 15 is 0 Å². The summed E-state index contributed by atoms with van der Waals surface area (Å²) in [4.78, 5) is 4.05. The minimum absolute atomic E-state index is 0.0902. The maximum absolute atomic E-state index is 13.1. The molecule has 8 heteroatoms. The molecule has 1 N–H and O–H groups in total. The number of nitrogens with zero attached hydrogens (tertiary/aromatic N) is 2. The van der Waals surface area contributed by atoms with Gasteiger partial charge in [0.05, 0.1) is 6.61 Å². The Bertz CT molecular complexity index is 553. The van der Waals surface area contributed by atoms with Crippen LogP contribution in [-0.2, 0) is 4.74 Å². The van der Waals surface area contributed by atoms with Crippen LogP contribution in [0.3, 0.4) is 0 Å². The smallest absolute Gasteiger partial charge is 0.202 e. The van der Waals surface area contributed by atoms with Gasteiger partial charge in [0, 0.05) is 30.8 Å². The highest BCUT2D eigenvalue weighted by molar-refractivity contribution is 7.09. The molecule has 0 saturated heterocycles. The van der Waals surface area contributed by atoms with Crippen LogP contribution in [0.2, 0.25) is 0 Å². The zero-order chi connectivity index (χ0) is 13.8. The zero-order valence-corrected chi connectivity index (χ0v) is 10.7. The minimum Gasteiger partial charge on any atom is -0.383 e. The molecule has 19 heavy (non-hydrogen) atoms. The largest absolute Gasteiger partial charge is 0.383 e. The average Bonchev–Trinajstić information content (AvgIpc) is 2.84. The summed E-state index contributed by atoms with van der Waals surface area (Å²) in [7, 11) is 1.57. The first kappa shape index (κ1) is 13.8. The van der Waals surface area contributed by atoms with E-state index in [0.717, 1.165) is 23.7 Å². The third-order valence-corrected chi connectivity index (χ3v) is 2.92. The zero-order valence-electron chi connectivity index (χ0n) is 9.91. The fourth-order valence-corrected chi connectivity index (χ4v) is 1.97. The number of hydrogen-bond acceptors (Lipinski definition) is 5. The Morgan fingerprint density at radius 2 is 1.95 bits per heavy atom. The molecule has 0 fully saturated rings. The van der Waals surface area contributed by atoms with Crippen LogP contribution in [0, 0.1) is 17.5 Å². The summed E-state index contributed by atoms with van der Waals surface area (Å²) in [5.74, 6) is -3.89. The summed E-state index contributed by atoms with van der Waals surface area (Å²) >= 11 is 1.04. The van der Waals surface area contributed by atoms with Gasteiger partial charge in [0.25, 0.3) is 0 Å². The highest BCUT2D eigenvalue weighted by atomic mass is 32.1. The minimum atomic E-state index is -1.50. The lowest BCUT2D eigenvalue weighted by molar-refractivity contribution is 0.211. The van der Waals surface area contributed by atoms with Crippen LogP contribution in [0.5, 0.6) is 0 Å². The summed E-state index contributed by atoms with van der Waals surface area (Å²) in [5.41, 5.74) is 0.0902. The number of benzene rings is 1. The lowest BCUT2D eigenvalue weighted by Crippen LogP contribution is -2.07. The summed E-state index contributed by atoms with van der Waals surface area (Å²) in [6.07, 6.45) is 0. The molecule has 0 amide bonds. The highest BCUT2D eigenvalue weighted by Gasteiger charge is 2.14. The predicted octanol–water partition coefficient (Wildman–Crippen LogP) is 2.68. The normalized spacial score (nSPS) is 10.7. The number of nitrogens with one attached hydrogen (secondary N) is 1. The molecule has 4 nitrogen and oxygen atoms in total. The van der Waals surface area contributed by atoms with Crippen LogP contribution in [-0.4, -0.2) is 29.6 Å². The van der Waals surface area contributed by atoms with Crippen LogP contribution in [0.25, 0.3) is 11.4 Å². The molecule has 102 valence electrons. The predicted molar refractivity (Wildman–Crippen MR) is 65.6 cm³/mol. The van der Waals surface area contributed by atoms with E-state index in [1.165, 1.54) is 0 Å². The number of aromatic nitrogens is 2. The molecule has 1 aromatic heterocycles. The molecule has 0 saturated carbocycles. The maximum atomic E-state index is 13.1. The molecule has 0 unspecified atom stereocenters. The Balaban J connectivity index is 2.18. The van der Waals surface area contributed by atoms with Crippen molar-refractivity contribution in [2.75, 3.05) is 25.6 Å². The van der Waals surface area contributed by atoms with Crippen molar-refractivity contribution < 1.29 is 17.9 Å². The van der Waals surface area contributed by atoms with E-state index in [9.17, 15) is 13.2 Å². The molecular formula is C11H10F3N3OS. The van der Waals surface area contributed by atoms with Crippen molar-refractivity contribution in [3.05, 3.63) is 29.6 Å². The number of methoxy groups -OCH3 is 1. The topological polar surface area (TPSA) is 47.0 Å². The van der Waals surface area contributed by atoms with Gasteiger partial charge in [-0.05, 0) is 12.1 Å². The van der Waals surface area contributed by atoms with E-state index in [0.29, 0.717) is 18.3 Å². The fraction of sp³-hybridized carbons (Fsp3) is 0.273. The van der Waals surface area contributed by atoms with Gasteiger partial charge in [0.2, 0.25) is 5.13 Å². The van der Waals surface area contributed by atoms with Gasteiger partial charge in [-0.15, -0.1) is 0 Å². The average molecular weight is 289 g/mol. The number of halogens is 3. The summed E-state index contributed by atoms with van der Waals surface area (Å²) in [6.45, 7) is 1.03. The Hall–Kier alpha value is -1.67. The van der Waals surface area contributed by atoms with E-state index in [1.54, 1.807) is 7.11 Å². The Labute approximate surface area is 111 Å². The second-order valence-electron chi connectivity index (χ2n) is 3.60. The van der Waals surface area contributed by atoms with E-state index in [1.807, 2.05) is 0 Å². The van der Waals surface area contributed by atoms with Crippen LogP contribution < -0.4 is 5.32 Å². The van der Waals surface area contributed by atoms with Gasteiger partial charge >= 0.3 is 0 Å². The molecule has 0 spiro atoms. The van der Waals surface area contributed by atoms with E-state index in [-0.39, 0.29) is 11.4 Å². The molecular weight excluding hydrogens is 279 g/mol. The quantitative estimate of drug-likeness (QED) is 0.679. The van der Waals surface area contributed by atoms with Gasteiger partial charge in [0.1, 0.15) is 0 Å². The lowest BCUT2D eigenvalue weighted by atomic mass is 10.2. The van der Waals surface area contributed by atoms with Gasteiger partial charge in [-0.2, -0.15) is 9.36 Å². The van der Waals surface area contributed by atoms with E-state index in [4.69, 9.17) is 4.74 Å². The molecule has 0 aliphatic rings. The van der Waals surface area contributed by atoms with Crippen LogP contribution >= 0.6 is 11.5 Å². The van der Waals surface area contributed by atoms with Crippen LogP contribution in [0.4, 0.5) is 18.3 Å². The second-order valence-corrected chi connectivity index (χ2v) is 4.35. The molecule has 0 radical (unpaired) electrons. The second kappa shape index (κ2) is 5.98. The van der Waals surface area contributed by atoms with Crippen molar-refractivity contribution in [1.29, 1.82) is 0 Å². The van der Waals surface area contributed by atoms with Crippen molar-refractivity contribution in [3.63, 3.8) is 0 Å². The molecule has 0 aliphatic heterocycles. The van der Waals surface area contributed by atoms with Crippen molar-refractivity contribution in [2.45, 2.75) is 0 Å². The van der Waals surface area contributed by atoms with Gasteiger partial charge < -0.3 is 10.1 Å². The standard InChI is InChI=1S/C11H10F3N3OS/c1-18-3-2-15-11-16-10(17-19-11)6-4-7(12)9(14)8(13)5-6/h4-5H,2-3H2,1H3,(H,15,16,17). The monoisotopic (exact) mass is 289 g/mol. The van der Waals surface area contributed by atoms with Crippen molar-refractivity contribution >= 4 is 16.7 Å². The SMILES string of the molecule is COCCNc1nc(-c2cc(F)c(F)c(F)c2)ns1. The van der Waals surface area contributed by atoms with Crippen LogP contribution in [0.1, 0.15) is 0 Å². The molecule has 2 rings (SSSR count). The lowest BCUT2D eigenvalue weighted by Gasteiger charge is -2.00. The molecule has 2 aromatic rings. The Morgan fingerprint density at radius 3 is 2.58 bits per heavy atom. The highest BCUT2D eigenvalue weighted by Crippen LogP contribution is 2.24. The van der Waals surface area contributed by atoms with Crippen molar-refractivity contribution in [3.8, 4) is 11.4 Å². The maximum Gasteiger partial charge on any atom is 0.202 e. The van der Waals surface area contributed by atoms with Crippen LogP contribution in [0.15, 0.2) is 12.1 Å². The molecule has 1 heterocycles. The first-order valence-corrected chi connectivity index (χ1v) is 6.10. The number of hydrogen-bond donors (Lipinski definition) is 1. The van der Waals surface area contributed by atoms with Gasteiger partial charge in [-0.3, -0.25) is 0 Å². The Morgan fingerprint density at radius 1 is 1.26 bits per heavy atom. The Kier molecular flexibility index (Phi) is 4.33. The number of ether oxygens (including phenoxy) is 1. The summed E-state index contributed by atoms with van der Waals surface area (Å²) in [6, 6.07) is 1.72. The van der Waals surface area contributed by atoms with E-state index < -0.39 is 17.5 Å². The first-order chi connectivity index (χ1) is 9.11. The number of anilines is 1.